The monoisotopic (exact) mass is 523 g/mol. The van der Waals surface area contributed by atoms with Gasteiger partial charge in [-0.15, -0.1) is 11.3 Å². The van der Waals surface area contributed by atoms with Gasteiger partial charge in [0.2, 0.25) is 5.91 Å². The summed E-state index contributed by atoms with van der Waals surface area (Å²) in [7, 11) is 0. The predicted octanol–water partition coefficient (Wildman–Crippen LogP) is 5.31. The Labute approximate surface area is 222 Å². The van der Waals surface area contributed by atoms with Crippen LogP contribution in [-0.4, -0.2) is 50.5 Å². The molecule has 3 unspecified atom stereocenters. The number of amides is 1. The standard InChI is InChI=1S/C29H37N3O4S/c1-17(2)26(24-14-25(31-36-24)29(4,5)6)28(35)32-15-21(33)13-22(32)23(34)12-9-19-7-10-20(11-8-19)27-18(3)30-16-37-27/h7-8,10-11,14,16-17,21-22,26,33H,9,12-13,15H2,1-6H3. The van der Waals surface area contributed by atoms with E-state index in [1.54, 1.807) is 16.2 Å². The van der Waals surface area contributed by atoms with Gasteiger partial charge in [-0.25, -0.2) is 4.98 Å². The van der Waals surface area contributed by atoms with E-state index in [1.807, 2.05) is 65.3 Å². The maximum atomic E-state index is 13.7. The summed E-state index contributed by atoms with van der Waals surface area (Å²) < 4.78 is 5.62. The van der Waals surface area contributed by atoms with E-state index in [4.69, 9.17) is 4.52 Å². The molecule has 0 spiro atoms. The second-order valence-corrected chi connectivity index (χ2v) is 12.3. The van der Waals surface area contributed by atoms with Crippen molar-refractivity contribution >= 4 is 23.0 Å². The number of carbonyl (C=O) groups excluding carboxylic acids is 2. The summed E-state index contributed by atoms with van der Waals surface area (Å²) in [5.74, 6) is -0.322. The van der Waals surface area contributed by atoms with Gasteiger partial charge in [0.15, 0.2) is 5.78 Å². The Morgan fingerprint density at radius 2 is 1.92 bits per heavy atom. The Hall–Kier alpha value is -2.84. The first-order valence-corrected chi connectivity index (χ1v) is 13.8. The van der Waals surface area contributed by atoms with E-state index in [0.29, 0.717) is 18.6 Å². The molecule has 1 saturated heterocycles. The third-order valence-electron chi connectivity index (χ3n) is 7.09. The van der Waals surface area contributed by atoms with Crippen LogP contribution in [0.3, 0.4) is 0 Å². The largest absolute Gasteiger partial charge is 0.391 e. The van der Waals surface area contributed by atoms with Crippen molar-refractivity contribution in [2.45, 2.75) is 84.3 Å². The number of aliphatic hydroxyl groups is 1. The van der Waals surface area contributed by atoms with Crippen LogP contribution >= 0.6 is 11.3 Å². The summed E-state index contributed by atoms with van der Waals surface area (Å²) in [6, 6.07) is 9.42. The highest BCUT2D eigenvalue weighted by atomic mass is 32.1. The molecule has 4 rings (SSSR count). The van der Waals surface area contributed by atoms with Crippen LogP contribution < -0.4 is 0 Å². The van der Waals surface area contributed by atoms with Crippen LogP contribution in [0, 0.1) is 12.8 Å². The number of aromatic nitrogens is 2. The first kappa shape index (κ1) is 27.2. The zero-order chi connectivity index (χ0) is 26.9. The predicted molar refractivity (Wildman–Crippen MR) is 145 cm³/mol. The molecule has 0 bridgehead atoms. The third kappa shape index (κ3) is 6.02. The first-order valence-electron chi connectivity index (χ1n) is 12.9. The van der Waals surface area contributed by atoms with Gasteiger partial charge in [-0.2, -0.15) is 0 Å². The number of β-amino-alcohol motifs (C(OH)–C–C–N with tert-alkyl or cyclic N) is 1. The molecule has 3 atom stereocenters. The Bertz CT molecular complexity index is 1240. The average molecular weight is 524 g/mol. The van der Waals surface area contributed by atoms with Crippen molar-refractivity contribution in [2.75, 3.05) is 6.54 Å². The van der Waals surface area contributed by atoms with Crippen molar-refractivity contribution in [3.8, 4) is 10.4 Å². The van der Waals surface area contributed by atoms with Crippen LogP contribution in [0.4, 0.5) is 0 Å². The number of likely N-dealkylation sites (tertiary alicyclic amines) is 1. The van der Waals surface area contributed by atoms with Gasteiger partial charge < -0.3 is 14.5 Å². The van der Waals surface area contributed by atoms with E-state index in [0.717, 1.165) is 27.4 Å². The van der Waals surface area contributed by atoms with E-state index >= 15 is 0 Å². The minimum atomic E-state index is -0.715. The highest BCUT2D eigenvalue weighted by Crippen LogP contribution is 2.34. The molecule has 1 fully saturated rings. The van der Waals surface area contributed by atoms with Crippen molar-refractivity contribution in [3.63, 3.8) is 0 Å². The molecular formula is C29H37N3O4S. The summed E-state index contributed by atoms with van der Waals surface area (Å²) in [5, 5.41) is 14.6. The van der Waals surface area contributed by atoms with Gasteiger partial charge in [0.1, 0.15) is 11.7 Å². The fourth-order valence-electron chi connectivity index (χ4n) is 4.90. The number of Topliss-reactive ketones (excluding diaryl/α,β-unsaturated/α-hetero) is 1. The van der Waals surface area contributed by atoms with Gasteiger partial charge in [0.05, 0.1) is 33.9 Å². The van der Waals surface area contributed by atoms with E-state index in [9.17, 15) is 14.7 Å². The first-order chi connectivity index (χ1) is 17.5. The number of rotatable bonds is 8. The number of aliphatic hydroxyl groups excluding tert-OH is 1. The Morgan fingerprint density at radius 1 is 1.22 bits per heavy atom. The number of nitrogens with zero attached hydrogens (tertiary/aromatic N) is 3. The van der Waals surface area contributed by atoms with Crippen LogP contribution in [0.25, 0.3) is 10.4 Å². The second kappa shape index (κ2) is 10.9. The topological polar surface area (TPSA) is 96.5 Å². The molecule has 3 heterocycles. The van der Waals surface area contributed by atoms with E-state index in [2.05, 4.69) is 22.3 Å². The van der Waals surface area contributed by atoms with Gasteiger partial charge in [-0.3, -0.25) is 9.59 Å². The maximum Gasteiger partial charge on any atom is 0.234 e. The molecule has 2 aromatic heterocycles. The molecule has 0 aliphatic carbocycles. The molecule has 198 valence electrons. The fraction of sp³-hybridized carbons (Fsp3) is 0.517. The van der Waals surface area contributed by atoms with Crippen LogP contribution in [0.2, 0.25) is 0 Å². The van der Waals surface area contributed by atoms with Gasteiger partial charge in [0, 0.05) is 30.9 Å². The highest BCUT2D eigenvalue weighted by molar-refractivity contribution is 7.13. The summed E-state index contributed by atoms with van der Waals surface area (Å²) in [6.45, 7) is 12.2. The average Bonchev–Trinajstić information content (AvgIpc) is 3.57. The minimum Gasteiger partial charge on any atom is -0.391 e. The SMILES string of the molecule is Cc1ncsc1-c1ccc(CCC(=O)C2CC(O)CN2C(=O)C(c2cc(C(C)(C)C)no2)C(C)C)cc1. The van der Waals surface area contributed by atoms with Gasteiger partial charge in [-0.05, 0) is 30.4 Å². The molecule has 3 aromatic rings. The lowest BCUT2D eigenvalue weighted by molar-refractivity contribution is -0.140. The number of aryl methyl sites for hydroxylation is 2. The Morgan fingerprint density at radius 3 is 2.49 bits per heavy atom. The van der Waals surface area contributed by atoms with Crippen LogP contribution in [0.15, 0.2) is 40.4 Å². The lowest BCUT2D eigenvalue weighted by atomic mass is 9.88. The van der Waals surface area contributed by atoms with Crippen molar-refractivity contribution < 1.29 is 19.2 Å². The summed E-state index contributed by atoms with van der Waals surface area (Å²) >= 11 is 1.61. The van der Waals surface area contributed by atoms with E-state index < -0.39 is 18.1 Å². The van der Waals surface area contributed by atoms with Gasteiger partial charge in [0.25, 0.3) is 0 Å². The summed E-state index contributed by atoms with van der Waals surface area (Å²) in [6.07, 6.45) is 0.443. The summed E-state index contributed by atoms with van der Waals surface area (Å²) in [5.41, 5.74) is 5.62. The van der Waals surface area contributed by atoms with Crippen molar-refractivity contribution in [2.24, 2.45) is 5.92 Å². The molecule has 8 heteroatoms. The quantitative estimate of drug-likeness (QED) is 0.430. The molecule has 1 amide bonds. The molecule has 0 saturated carbocycles. The number of ketones is 1. The number of thiazole rings is 1. The van der Waals surface area contributed by atoms with Crippen molar-refractivity contribution in [1.82, 2.24) is 15.0 Å². The molecular weight excluding hydrogens is 486 g/mol. The molecule has 1 N–H and O–H groups in total. The zero-order valence-electron chi connectivity index (χ0n) is 22.5. The normalized spacial score (nSPS) is 19.0. The minimum absolute atomic E-state index is 0.0252. The van der Waals surface area contributed by atoms with Crippen molar-refractivity contribution in [1.29, 1.82) is 0 Å². The summed E-state index contributed by atoms with van der Waals surface area (Å²) in [4.78, 5) is 34.0. The number of benzene rings is 1. The number of hydrogen-bond donors (Lipinski definition) is 1. The second-order valence-electron chi connectivity index (χ2n) is 11.4. The molecule has 1 aliphatic rings. The van der Waals surface area contributed by atoms with Crippen LogP contribution in [0.1, 0.15) is 76.1 Å². The van der Waals surface area contributed by atoms with Gasteiger partial charge in [-0.1, -0.05) is 64.0 Å². The molecule has 7 nitrogen and oxygen atoms in total. The maximum absolute atomic E-state index is 13.7. The van der Waals surface area contributed by atoms with E-state index in [1.165, 1.54) is 0 Å². The molecule has 1 aromatic carbocycles. The molecule has 1 aliphatic heterocycles. The highest BCUT2D eigenvalue weighted by Gasteiger charge is 2.43. The van der Waals surface area contributed by atoms with Crippen molar-refractivity contribution in [3.05, 3.63) is 58.6 Å². The Balaban J connectivity index is 1.45. The van der Waals surface area contributed by atoms with E-state index in [-0.39, 0.29) is 36.0 Å². The molecule has 0 radical (unpaired) electrons. The van der Waals surface area contributed by atoms with Crippen LogP contribution in [0.5, 0.6) is 0 Å². The number of hydrogen-bond acceptors (Lipinski definition) is 7. The third-order valence-corrected chi connectivity index (χ3v) is 8.07. The van der Waals surface area contributed by atoms with Gasteiger partial charge >= 0.3 is 0 Å². The lowest BCUT2D eigenvalue weighted by Gasteiger charge is -2.28. The van der Waals surface area contributed by atoms with Crippen LogP contribution in [-0.2, 0) is 21.4 Å². The smallest absolute Gasteiger partial charge is 0.234 e. The lowest BCUT2D eigenvalue weighted by Crippen LogP contribution is -2.44. The molecule has 37 heavy (non-hydrogen) atoms. The Kier molecular flexibility index (Phi) is 7.99. The zero-order valence-corrected chi connectivity index (χ0v) is 23.3. The fourth-order valence-corrected chi connectivity index (χ4v) is 5.71. The number of carbonyl (C=O) groups is 2.